The number of benzene rings is 1. The summed E-state index contributed by atoms with van der Waals surface area (Å²) >= 11 is 0. The number of amides is 1. The lowest BCUT2D eigenvalue weighted by atomic mass is 10.2. The molecule has 4 nitrogen and oxygen atoms in total. The molecule has 0 radical (unpaired) electrons. The Labute approximate surface area is 112 Å². The van der Waals surface area contributed by atoms with E-state index < -0.39 is 0 Å². The number of nitrogens with zero attached hydrogens (tertiary/aromatic N) is 3. The first-order valence-electron chi connectivity index (χ1n) is 6.37. The van der Waals surface area contributed by atoms with E-state index in [4.69, 9.17) is 0 Å². The highest BCUT2D eigenvalue weighted by Gasteiger charge is 2.26. The predicted molar refractivity (Wildman–Crippen MR) is 73.3 cm³/mol. The van der Waals surface area contributed by atoms with Crippen LogP contribution in [0, 0.1) is 13.8 Å². The number of hydrogen-bond donors (Lipinski definition) is 0. The maximum atomic E-state index is 12.5. The summed E-state index contributed by atoms with van der Waals surface area (Å²) in [5.41, 5.74) is 3.52. The summed E-state index contributed by atoms with van der Waals surface area (Å²) in [5, 5.41) is 0. The van der Waals surface area contributed by atoms with Crippen LogP contribution in [0.4, 0.5) is 5.69 Å². The zero-order valence-corrected chi connectivity index (χ0v) is 11.1. The number of aromatic nitrogens is 2. The highest BCUT2D eigenvalue weighted by Crippen LogP contribution is 2.28. The molecule has 3 rings (SSSR count). The molecule has 0 aliphatic carbocycles. The van der Waals surface area contributed by atoms with Gasteiger partial charge in [0.25, 0.3) is 5.91 Å². The molecule has 2 heterocycles. The lowest BCUT2D eigenvalue weighted by Gasteiger charge is -2.17. The van der Waals surface area contributed by atoms with Crippen molar-refractivity contribution in [2.45, 2.75) is 20.3 Å². The standard InChI is InChI=1S/C15H15N3O/c1-10-9-13(17-11(2)16-10)15(19)18-8-7-12-5-3-4-6-14(12)18/h3-6,9H,7-8H2,1-2H3. The van der Waals surface area contributed by atoms with E-state index in [0.29, 0.717) is 11.5 Å². The van der Waals surface area contributed by atoms with Crippen LogP contribution in [-0.4, -0.2) is 22.4 Å². The number of aryl methyl sites for hydroxylation is 2. The van der Waals surface area contributed by atoms with E-state index >= 15 is 0 Å². The normalized spacial score (nSPS) is 13.5. The Morgan fingerprint density at radius 2 is 2.00 bits per heavy atom. The molecule has 1 amide bonds. The maximum Gasteiger partial charge on any atom is 0.277 e. The number of carbonyl (C=O) groups excluding carboxylic acids is 1. The average Bonchev–Trinajstić information content (AvgIpc) is 2.80. The first kappa shape index (κ1) is 11.8. The minimum absolute atomic E-state index is 0.0430. The van der Waals surface area contributed by atoms with Crippen molar-refractivity contribution in [3.8, 4) is 0 Å². The molecular formula is C15H15N3O. The fourth-order valence-corrected chi connectivity index (χ4v) is 2.51. The SMILES string of the molecule is Cc1cc(C(=O)N2CCc3ccccc32)nc(C)n1. The molecule has 0 N–H and O–H groups in total. The highest BCUT2D eigenvalue weighted by molar-refractivity contribution is 6.06. The van der Waals surface area contributed by atoms with Crippen molar-refractivity contribution in [2.24, 2.45) is 0 Å². The highest BCUT2D eigenvalue weighted by atomic mass is 16.2. The van der Waals surface area contributed by atoms with Crippen molar-refractivity contribution in [1.29, 1.82) is 0 Å². The molecule has 2 aromatic rings. The number of para-hydroxylation sites is 1. The number of hydrogen-bond acceptors (Lipinski definition) is 3. The third-order valence-electron chi connectivity index (χ3n) is 3.32. The third-order valence-corrected chi connectivity index (χ3v) is 3.32. The maximum absolute atomic E-state index is 12.5. The van der Waals surface area contributed by atoms with Crippen LogP contribution in [0.3, 0.4) is 0 Å². The van der Waals surface area contributed by atoms with E-state index in [0.717, 1.165) is 24.3 Å². The van der Waals surface area contributed by atoms with Crippen molar-refractivity contribution in [1.82, 2.24) is 9.97 Å². The Kier molecular flexibility index (Phi) is 2.78. The van der Waals surface area contributed by atoms with Crippen molar-refractivity contribution < 1.29 is 4.79 Å². The zero-order valence-electron chi connectivity index (χ0n) is 11.1. The molecule has 96 valence electrons. The van der Waals surface area contributed by atoms with Crippen molar-refractivity contribution in [3.63, 3.8) is 0 Å². The summed E-state index contributed by atoms with van der Waals surface area (Å²) in [6.45, 7) is 4.41. The minimum atomic E-state index is -0.0430. The molecular weight excluding hydrogens is 238 g/mol. The molecule has 0 saturated heterocycles. The fraction of sp³-hybridized carbons (Fsp3) is 0.267. The second kappa shape index (κ2) is 4.46. The van der Waals surface area contributed by atoms with Gasteiger partial charge in [0.2, 0.25) is 0 Å². The summed E-state index contributed by atoms with van der Waals surface area (Å²) < 4.78 is 0. The monoisotopic (exact) mass is 253 g/mol. The smallest absolute Gasteiger partial charge is 0.277 e. The van der Waals surface area contributed by atoms with Crippen LogP contribution in [0.5, 0.6) is 0 Å². The van der Waals surface area contributed by atoms with Crippen LogP contribution >= 0.6 is 0 Å². The van der Waals surface area contributed by atoms with Crippen molar-refractivity contribution in [3.05, 3.63) is 53.1 Å². The van der Waals surface area contributed by atoms with Gasteiger partial charge in [0, 0.05) is 17.9 Å². The zero-order chi connectivity index (χ0) is 13.4. The number of rotatable bonds is 1. The Hall–Kier alpha value is -2.23. The van der Waals surface area contributed by atoms with E-state index in [1.165, 1.54) is 5.56 Å². The van der Waals surface area contributed by atoms with Gasteiger partial charge in [-0.3, -0.25) is 4.79 Å². The van der Waals surface area contributed by atoms with E-state index in [1.54, 1.807) is 11.0 Å². The largest absolute Gasteiger partial charge is 0.306 e. The number of fused-ring (bicyclic) bond motifs is 1. The van der Waals surface area contributed by atoms with Crippen LogP contribution in [0.15, 0.2) is 30.3 Å². The predicted octanol–water partition coefficient (Wildman–Crippen LogP) is 2.30. The third kappa shape index (κ3) is 2.10. The Morgan fingerprint density at radius 3 is 2.79 bits per heavy atom. The van der Waals surface area contributed by atoms with Crippen LogP contribution in [0.2, 0.25) is 0 Å². The molecule has 0 bridgehead atoms. The molecule has 1 aliphatic heterocycles. The summed E-state index contributed by atoms with van der Waals surface area (Å²) in [6, 6.07) is 9.77. The first-order valence-corrected chi connectivity index (χ1v) is 6.37. The van der Waals surface area contributed by atoms with Gasteiger partial charge in [0.05, 0.1) is 0 Å². The topological polar surface area (TPSA) is 46.1 Å². The van der Waals surface area contributed by atoms with Gasteiger partial charge in [0.15, 0.2) is 0 Å². The lowest BCUT2D eigenvalue weighted by Crippen LogP contribution is -2.30. The number of carbonyl (C=O) groups is 1. The summed E-state index contributed by atoms with van der Waals surface area (Å²) in [5.74, 6) is 0.592. The molecule has 0 spiro atoms. The van der Waals surface area contributed by atoms with Gasteiger partial charge in [-0.2, -0.15) is 0 Å². The molecule has 1 aliphatic rings. The molecule has 4 heteroatoms. The second-order valence-electron chi connectivity index (χ2n) is 4.78. The van der Waals surface area contributed by atoms with Gasteiger partial charge in [0.1, 0.15) is 11.5 Å². The van der Waals surface area contributed by atoms with E-state index in [9.17, 15) is 4.79 Å². The molecule has 0 fully saturated rings. The Balaban J connectivity index is 1.98. The summed E-state index contributed by atoms with van der Waals surface area (Å²) in [6.07, 6.45) is 0.908. The average molecular weight is 253 g/mol. The van der Waals surface area contributed by atoms with Crippen LogP contribution in [0.1, 0.15) is 27.6 Å². The van der Waals surface area contributed by atoms with Crippen LogP contribution < -0.4 is 4.90 Å². The minimum Gasteiger partial charge on any atom is -0.306 e. The van der Waals surface area contributed by atoms with E-state index in [1.807, 2.05) is 32.0 Å². The first-order chi connectivity index (χ1) is 9.15. The molecule has 1 aromatic heterocycles. The van der Waals surface area contributed by atoms with Gasteiger partial charge in [-0.05, 0) is 38.0 Å². The van der Waals surface area contributed by atoms with E-state index in [2.05, 4.69) is 16.0 Å². The van der Waals surface area contributed by atoms with Gasteiger partial charge in [-0.1, -0.05) is 18.2 Å². The van der Waals surface area contributed by atoms with Gasteiger partial charge in [-0.15, -0.1) is 0 Å². The molecule has 1 aromatic carbocycles. The molecule has 0 saturated carbocycles. The number of anilines is 1. The Morgan fingerprint density at radius 1 is 1.21 bits per heavy atom. The summed E-state index contributed by atoms with van der Waals surface area (Å²) in [7, 11) is 0. The molecule has 0 atom stereocenters. The van der Waals surface area contributed by atoms with Gasteiger partial charge < -0.3 is 4.90 Å². The summed E-state index contributed by atoms with van der Waals surface area (Å²) in [4.78, 5) is 22.8. The fourth-order valence-electron chi connectivity index (χ4n) is 2.51. The molecule has 0 unspecified atom stereocenters. The van der Waals surface area contributed by atoms with Crippen molar-refractivity contribution in [2.75, 3.05) is 11.4 Å². The van der Waals surface area contributed by atoms with Crippen molar-refractivity contribution >= 4 is 11.6 Å². The van der Waals surface area contributed by atoms with Crippen LogP contribution in [-0.2, 0) is 6.42 Å². The van der Waals surface area contributed by atoms with Gasteiger partial charge >= 0.3 is 0 Å². The van der Waals surface area contributed by atoms with Gasteiger partial charge in [-0.25, -0.2) is 9.97 Å². The Bertz CT molecular complexity index is 631. The lowest BCUT2D eigenvalue weighted by molar-refractivity contribution is 0.0984. The molecule has 19 heavy (non-hydrogen) atoms. The van der Waals surface area contributed by atoms with E-state index in [-0.39, 0.29) is 5.91 Å². The second-order valence-corrected chi connectivity index (χ2v) is 4.78. The quantitative estimate of drug-likeness (QED) is 0.783. The van der Waals surface area contributed by atoms with Crippen LogP contribution in [0.25, 0.3) is 0 Å².